The first-order chi connectivity index (χ1) is 10.0. The highest BCUT2D eigenvalue weighted by Gasteiger charge is 2.32. The molecule has 1 aliphatic heterocycles. The highest BCUT2D eigenvalue weighted by Crippen LogP contribution is 2.36. The zero-order valence-electron chi connectivity index (χ0n) is 10.7. The van der Waals surface area contributed by atoms with Crippen molar-refractivity contribution in [2.24, 2.45) is 0 Å². The average molecular weight is 300 g/mol. The minimum atomic E-state index is -4.76. The zero-order chi connectivity index (χ0) is 14.9. The summed E-state index contributed by atoms with van der Waals surface area (Å²) in [5, 5.41) is 0. The Morgan fingerprint density at radius 2 is 1.71 bits per heavy atom. The molecule has 0 bridgehead atoms. The summed E-state index contributed by atoms with van der Waals surface area (Å²) >= 11 is 0. The molecular formula is C14H11F3O4. The maximum Gasteiger partial charge on any atom is 0.573 e. The van der Waals surface area contributed by atoms with E-state index in [0.717, 1.165) is 0 Å². The number of hydrogen-bond acceptors (Lipinski definition) is 4. The molecule has 0 aliphatic carbocycles. The van der Waals surface area contributed by atoms with E-state index < -0.39 is 12.7 Å². The molecule has 1 aromatic heterocycles. The summed E-state index contributed by atoms with van der Waals surface area (Å²) in [6.45, 7) is 0.906. The van der Waals surface area contributed by atoms with Crippen LogP contribution in [0.5, 0.6) is 5.75 Å². The van der Waals surface area contributed by atoms with E-state index in [1.807, 2.05) is 0 Å². The van der Waals surface area contributed by atoms with E-state index >= 15 is 0 Å². The van der Waals surface area contributed by atoms with Gasteiger partial charge in [0, 0.05) is 0 Å². The van der Waals surface area contributed by atoms with Crippen molar-refractivity contribution in [1.82, 2.24) is 0 Å². The Kier molecular flexibility index (Phi) is 3.60. The van der Waals surface area contributed by atoms with E-state index in [0.29, 0.717) is 19.0 Å². The fourth-order valence-electron chi connectivity index (χ4n) is 2.03. The summed E-state index contributed by atoms with van der Waals surface area (Å²) in [6.07, 6.45) is -5.38. The van der Waals surface area contributed by atoms with Crippen LogP contribution in [0.2, 0.25) is 0 Å². The molecule has 0 radical (unpaired) electrons. The lowest BCUT2D eigenvalue weighted by Crippen LogP contribution is -2.17. The van der Waals surface area contributed by atoms with Crippen LogP contribution in [0.1, 0.15) is 12.1 Å². The number of halogens is 3. The van der Waals surface area contributed by atoms with Gasteiger partial charge in [-0.15, -0.1) is 13.2 Å². The fourth-order valence-corrected chi connectivity index (χ4v) is 2.03. The topological polar surface area (TPSA) is 40.8 Å². The maximum atomic E-state index is 12.4. The second-order valence-corrected chi connectivity index (χ2v) is 4.32. The van der Waals surface area contributed by atoms with Crippen molar-refractivity contribution in [3.8, 4) is 17.1 Å². The standard InChI is InChI=1S/C14H11F3O4/c15-14(16,17)21-11-4-2-1-3-9(11)10-5-6-12(20-10)13-18-7-8-19-13/h1-6,13H,7-8H2. The molecule has 0 N–H and O–H groups in total. The van der Waals surface area contributed by atoms with E-state index in [9.17, 15) is 13.2 Å². The van der Waals surface area contributed by atoms with Crippen molar-refractivity contribution in [2.75, 3.05) is 13.2 Å². The molecule has 1 aromatic carbocycles. The number of rotatable bonds is 3. The zero-order valence-corrected chi connectivity index (χ0v) is 10.7. The second kappa shape index (κ2) is 5.42. The van der Waals surface area contributed by atoms with E-state index in [-0.39, 0.29) is 17.1 Å². The van der Waals surface area contributed by atoms with Gasteiger partial charge in [0.1, 0.15) is 11.5 Å². The molecule has 21 heavy (non-hydrogen) atoms. The first-order valence-electron chi connectivity index (χ1n) is 6.21. The predicted molar refractivity (Wildman–Crippen MR) is 65.5 cm³/mol. The smallest absolute Gasteiger partial charge is 0.456 e. The number of furan rings is 1. The van der Waals surface area contributed by atoms with Crippen LogP contribution in [0, 0.1) is 0 Å². The largest absolute Gasteiger partial charge is 0.573 e. The van der Waals surface area contributed by atoms with Crippen LogP contribution in [0.25, 0.3) is 11.3 Å². The van der Waals surface area contributed by atoms with Crippen LogP contribution < -0.4 is 4.74 Å². The van der Waals surface area contributed by atoms with Crippen molar-refractivity contribution in [3.05, 3.63) is 42.2 Å². The Hall–Kier alpha value is -1.99. The average Bonchev–Trinajstić information content (AvgIpc) is 3.08. The van der Waals surface area contributed by atoms with Crippen molar-refractivity contribution >= 4 is 0 Å². The maximum absolute atomic E-state index is 12.4. The molecule has 2 aromatic rings. The second-order valence-electron chi connectivity index (χ2n) is 4.32. The van der Waals surface area contributed by atoms with Crippen LogP contribution in [0.4, 0.5) is 13.2 Å². The predicted octanol–water partition coefficient (Wildman–Crippen LogP) is 3.89. The van der Waals surface area contributed by atoms with Crippen LogP contribution in [-0.4, -0.2) is 19.6 Å². The van der Waals surface area contributed by atoms with Gasteiger partial charge in [-0.3, -0.25) is 0 Å². The van der Waals surface area contributed by atoms with Crippen molar-refractivity contribution < 1.29 is 31.8 Å². The van der Waals surface area contributed by atoms with Gasteiger partial charge in [0.15, 0.2) is 5.76 Å². The van der Waals surface area contributed by atoms with Gasteiger partial charge in [-0.2, -0.15) is 0 Å². The molecule has 7 heteroatoms. The number of benzene rings is 1. The number of alkyl halides is 3. The minimum absolute atomic E-state index is 0.207. The molecule has 4 nitrogen and oxygen atoms in total. The molecule has 0 spiro atoms. The van der Waals surface area contributed by atoms with Gasteiger partial charge in [-0.25, -0.2) is 0 Å². The summed E-state index contributed by atoms with van der Waals surface area (Å²) in [5.41, 5.74) is 0.207. The van der Waals surface area contributed by atoms with Crippen LogP contribution in [-0.2, 0) is 9.47 Å². The molecule has 0 atom stereocenters. The van der Waals surface area contributed by atoms with Gasteiger partial charge in [0.25, 0.3) is 0 Å². The molecule has 3 rings (SSSR count). The highest BCUT2D eigenvalue weighted by atomic mass is 19.4. The van der Waals surface area contributed by atoms with Crippen LogP contribution >= 0.6 is 0 Å². The first kappa shape index (κ1) is 14.0. The summed E-state index contributed by atoms with van der Waals surface area (Å²) in [5.74, 6) is 0.340. The van der Waals surface area contributed by atoms with Gasteiger partial charge in [0.05, 0.1) is 18.8 Å². The minimum Gasteiger partial charge on any atom is -0.456 e. The highest BCUT2D eigenvalue weighted by molar-refractivity contribution is 5.65. The Balaban J connectivity index is 1.90. The number of para-hydroxylation sites is 1. The van der Waals surface area contributed by atoms with Gasteiger partial charge < -0.3 is 18.6 Å². The molecule has 1 fully saturated rings. The molecule has 1 aliphatic rings. The van der Waals surface area contributed by atoms with Crippen molar-refractivity contribution in [3.63, 3.8) is 0 Å². The van der Waals surface area contributed by atoms with Gasteiger partial charge >= 0.3 is 6.36 Å². The molecule has 0 amide bonds. The third-order valence-electron chi connectivity index (χ3n) is 2.86. The van der Waals surface area contributed by atoms with Crippen molar-refractivity contribution in [2.45, 2.75) is 12.7 Å². The summed E-state index contributed by atoms with van der Waals surface area (Å²) in [6, 6.07) is 8.93. The summed E-state index contributed by atoms with van der Waals surface area (Å²) in [4.78, 5) is 0. The molecule has 1 saturated heterocycles. The Morgan fingerprint density at radius 1 is 1.00 bits per heavy atom. The van der Waals surface area contributed by atoms with E-state index in [1.165, 1.54) is 18.2 Å². The summed E-state index contributed by atoms with van der Waals surface area (Å²) < 4.78 is 57.2. The lowest BCUT2D eigenvalue weighted by atomic mass is 10.1. The fraction of sp³-hybridized carbons (Fsp3) is 0.286. The normalized spacial score (nSPS) is 16.3. The third-order valence-corrected chi connectivity index (χ3v) is 2.86. The summed E-state index contributed by atoms with van der Waals surface area (Å²) in [7, 11) is 0. The monoisotopic (exact) mass is 300 g/mol. The molecule has 112 valence electrons. The van der Waals surface area contributed by atoms with E-state index in [4.69, 9.17) is 13.9 Å². The van der Waals surface area contributed by atoms with E-state index in [2.05, 4.69) is 4.74 Å². The van der Waals surface area contributed by atoms with Crippen LogP contribution in [0.15, 0.2) is 40.8 Å². The first-order valence-corrected chi connectivity index (χ1v) is 6.21. The van der Waals surface area contributed by atoms with Gasteiger partial charge in [-0.05, 0) is 24.3 Å². The quantitative estimate of drug-likeness (QED) is 0.862. The molecular weight excluding hydrogens is 289 g/mol. The lowest BCUT2D eigenvalue weighted by molar-refractivity contribution is -0.274. The number of ether oxygens (including phenoxy) is 3. The molecule has 0 saturated carbocycles. The van der Waals surface area contributed by atoms with Gasteiger partial charge in [-0.1, -0.05) is 12.1 Å². The van der Waals surface area contributed by atoms with E-state index in [1.54, 1.807) is 18.2 Å². The Bertz CT molecular complexity index is 615. The lowest BCUT2D eigenvalue weighted by Gasteiger charge is -2.12. The molecule has 0 unspecified atom stereocenters. The van der Waals surface area contributed by atoms with Crippen molar-refractivity contribution in [1.29, 1.82) is 0 Å². The number of hydrogen-bond donors (Lipinski definition) is 0. The van der Waals surface area contributed by atoms with Crippen LogP contribution in [0.3, 0.4) is 0 Å². The molecule has 2 heterocycles. The SMILES string of the molecule is FC(F)(F)Oc1ccccc1-c1ccc(C2OCCO2)o1. The van der Waals surface area contributed by atoms with Gasteiger partial charge in [0.2, 0.25) is 6.29 Å². The Labute approximate surface area is 118 Å². The third kappa shape index (κ3) is 3.20. The Morgan fingerprint density at radius 3 is 2.43 bits per heavy atom.